The third-order valence-electron chi connectivity index (χ3n) is 20.4. The molecule has 0 saturated carbocycles. The van der Waals surface area contributed by atoms with E-state index >= 15 is 0 Å². The molecule has 0 spiro atoms. The van der Waals surface area contributed by atoms with Crippen molar-refractivity contribution in [2.24, 2.45) is 29.6 Å². The zero-order chi connectivity index (χ0) is 98.1. The van der Waals surface area contributed by atoms with E-state index in [-0.39, 0.29) is 0 Å². The molecule has 0 heterocycles. The van der Waals surface area contributed by atoms with Crippen molar-refractivity contribution in [3.05, 3.63) is 0 Å². The number of unbranched alkanes of at least 4 members (excludes halogenated alkanes) is 1. The fourth-order valence-corrected chi connectivity index (χ4v) is 84.7. The van der Waals surface area contributed by atoms with Crippen LogP contribution in [0.5, 0.6) is 0 Å². The molecule has 0 aliphatic heterocycles. The fourth-order valence-electron chi connectivity index (χ4n) is 14.4. The molecular formula is C84H182O18S24Si6. The third kappa shape index (κ3) is 64.9. The second-order valence-corrected chi connectivity index (χ2v) is 86.3. The fraction of sp³-hybridized carbons (Fsp3) is 1.00. The summed E-state index contributed by atoms with van der Waals surface area (Å²) in [7, 11) is 30.5. The molecule has 0 fully saturated rings. The van der Waals surface area contributed by atoms with Crippen LogP contribution >= 0.6 is 247 Å². The smallest absolute Gasteiger partial charge is 0.374 e. The molecule has 794 valence electrons. The standard InChI is InChI=1S/C84H182O18S24Si6/c1-26-85-127(86-27-2,87-28-3)71-49-65-103-115-121-109-82(25,84(112-124-118-106-68-52-74-130(94-35-10,95-36-11)96-37-12,113-125-119-107-69-53-75-131(97-38-13,98-39-14)99-40-15)114-126-120-108-70-54-76-132(100-41-16,101-42-17)102-43-18)83(110-122-116-104-66-50-72-128(88-29-4,89-30-5)90-31-6,111-123-117-105-67-51-73-129(91-32-7,92-33-8)93-34-9)64-63-81(24)62-48-60-79(22)57-45-44-56-78(21)59-47-61-80(23)58-46-55-77(19)20/h77-81H,26-76H2,1-25H3. The Morgan fingerprint density at radius 2 is 0.371 bits per heavy atom. The molecule has 0 rings (SSSR count). The molecule has 0 bridgehead atoms. The van der Waals surface area contributed by atoms with Crippen LogP contribution in [0.3, 0.4) is 0 Å². The van der Waals surface area contributed by atoms with Gasteiger partial charge < -0.3 is 79.7 Å². The van der Waals surface area contributed by atoms with Crippen LogP contribution in [0, 0.1) is 29.6 Å². The van der Waals surface area contributed by atoms with E-state index in [0.29, 0.717) is 131 Å². The topological polar surface area (TPSA) is 166 Å². The molecule has 0 amide bonds. The van der Waals surface area contributed by atoms with Gasteiger partial charge in [-0.3, -0.25) is 0 Å². The van der Waals surface area contributed by atoms with Crippen LogP contribution in [0.15, 0.2) is 0 Å². The first-order chi connectivity index (χ1) is 63.8. The van der Waals surface area contributed by atoms with Gasteiger partial charge in [0.15, 0.2) is 3.41 Å². The van der Waals surface area contributed by atoms with Crippen LogP contribution in [-0.2, 0) is 79.7 Å². The summed E-state index contributed by atoms with van der Waals surface area (Å²) in [6, 6.07) is 4.66. The highest BCUT2D eigenvalue weighted by Crippen LogP contribution is 2.81. The van der Waals surface area contributed by atoms with Crippen molar-refractivity contribution in [3.63, 3.8) is 0 Å². The largest absolute Gasteiger partial charge is 0.500 e. The Hall–Kier alpha value is 8.98. The average Bonchev–Trinajstić information content (AvgIpc) is 0.726. The first-order valence-corrected chi connectivity index (χ1v) is 90.7. The number of rotatable bonds is 106. The highest BCUT2D eigenvalue weighted by molar-refractivity contribution is 9.33. The van der Waals surface area contributed by atoms with Gasteiger partial charge in [-0.05, 0) is 363 Å². The molecule has 0 saturated heterocycles. The Balaban J connectivity index is 9.27. The van der Waals surface area contributed by atoms with E-state index in [1.165, 1.54) is 83.5 Å². The number of hydrogen-bond donors (Lipinski definition) is 0. The van der Waals surface area contributed by atoms with Crippen molar-refractivity contribution in [1.29, 1.82) is 0 Å². The maximum absolute atomic E-state index is 6.44. The monoisotopic (exact) mass is 2410 g/mol. The van der Waals surface area contributed by atoms with Gasteiger partial charge >= 0.3 is 52.8 Å². The minimum atomic E-state index is -2.87. The maximum Gasteiger partial charge on any atom is 0.500 e. The van der Waals surface area contributed by atoms with Gasteiger partial charge in [-0.15, -0.1) is 0 Å². The van der Waals surface area contributed by atoms with Crippen LogP contribution in [0.4, 0.5) is 0 Å². The van der Waals surface area contributed by atoms with Gasteiger partial charge in [0.05, 0.1) is 4.75 Å². The summed E-state index contributed by atoms with van der Waals surface area (Å²) >= 11 is 0. The van der Waals surface area contributed by atoms with Crippen molar-refractivity contribution < 1.29 is 79.7 Å². The van der Waals surface area contributed by atoms with Crippen molar-refractivity contribution in [3.8, 4) is 0 Å². The quantitative estimate of drug-likeness (QED) is 0.0244. The van der Waals surface area contributed by atoms with Crippen LogP contribution in [0.1, 0.15) is 308 Å². The summed E-state index contributed by atoms with van der Waals surface area (Å²) in [5.74, 6) is 9.22. The summed E-state index contributed by atoms with van der Waals surface area (Å²) < 4.78 is 114. The van der Waals surface area contributed by atoms with Crippen molar-refractivity contribution in [1.82, 2.24) is 0 Å². The van der Waals surface area contributed by atoms with E-state index in [0.717, 1.165) is 140 Å². The van der Waals surface area contributed by atoms with Gasteiger partial charge in [-0.2, -0.15) is 0 Å². The molecule has 5 unspecified atom stereocenters. The van der Waals surface area contributed by atoms with Crippen LogP contribution in [0.25, 0.3) is 0 Å². The van der Waals surface area contributed by atoms with Gasteiger partial charge in [0.25, 0.3) is 0 Å². The predicted molar refractivity (Wildman–Crippen MR) is 646 cm³/mol. The molecule has 0 aliphatic carbocycles. The SMILES string of the molecule is CCO[Si](CCCSSSSC(CCC(C)CCCC(C)CCCCC(C)CCCC(C)CCCC(C)C)(SSSSCCC[Si](OCC)(OCC)OCC)C(C)(SSSSCCC[Si](OCC)(OCC)OCC)C(SSSSCCC[Si](OCC)(OCC)OCC)(SSSSCCC[Si](OCC)(OCC)OCC)SSSSCCC[Si](OCC)(OCC)OCC)(OCC)OCC. The molecule has 132 heavy (non-hydrogen) atoms. The maximum atomic E-state index is 6.44. The first-order valence-electron chi connectivity index (χ1n) is 49.2. The van der Waals surface area contributed by atoms with E-state index in [2.05, 4.69) is 238 Å². The van der Waals surface area contributed by atoms with E-state index in [9.17, 15) is 0 Å². The zero-order valence-corrected chi connectivity index (χ0v) is 111. The third-order valence-corrected chi connectivity index (χ3v) is 86.0. The van der Waals surface area contributed by atoms with E-state index in [4.69, 9.17) is 79.7 Å². The van der Waals surface area contributed by atoms with E-state index < -0.39 is 65.1 Å². The van der Waals surface area contributed by atoms with Crippen molar-refractivity contribution in [2.75, 3.05) is 153 Å². The van der Waals surface area contributed by atoms with Gasteiger partial charge in [0.1, 0.15) is 4.08 Å². The summed E-state index contributed by atoms with van der Waals surface area (Å²) in [6.07, 6.45) is 24.9. The minimum absolute atomic E-state index is 0.443. The Kier molecular flexibility index (Phi) is 98.8. The van der Waals surface area contributed by atoms with Crippen molar-refractivity contribution >= 4 is 300 Å². The summed E-state index contributed by atoms with van der Waals surface area (Å²) in [5.41, 5.74) is 0. The van der Waals surface area contributed by atoms with Gasteiger partial charge in [0, 0.05) is 190 Å². The van der Waals surface area contributed by atoms with Gasteiger partial charge in [-0.1, -0.05) is 222 Å². The highest BCUT2D eigenvalue weighted by atomic mass is 33.7. The van der Waals surface area contributed by atoms with Gasteiger partial charge in [0.2, 0.25) is 0 Å². The minimum Gasteiger partial charge on any atom is -0.374 e. The molecule has 48 heteroatoms. The Morgan fingerprint density at radius 3 is 0.568 bits per heavy atom. The molecule has 5 atom stereocenters. The Morgan fingerprint density at radius 1 is 0.197 bits per heavy atom. The van der Waals surface area contributed by atoms with E-state index in [1.54, 1.807) is 0 Å². The second kappa shape index (κ2) is 92.5. The first kappa shape index (κ1) is 141. The molecular weight excluding hydrogens is 2240 g/mol. The van der Waals surface area contributed by atoms with E-state index in [1.807, 2.05) is 183 Å². The zero-order valence-electron chi connectivity index (χ0n) is 85.6. The predicted octanol–water partition coefficient (Wildman–Crippen LogP) is 36.8. The van der Waals surface area contributed by atoms with Crippen LogP contribution < -0.4 is 0 Å². The lowest BCUT2D eigenvalue weighted by Gasteiger charge is -2.54. The lowest BCUT2D eigenvalue weighted by Crippen LogP contribution is -2.55. The molecule has 0 aromatic carbocycles. The normalized spacial score (nSPS) is 14.5. The molecule has 0 aromatic rings. The van der Waals surface area contributed by atoms with Crippen LogP contribution in [0.2, 0.25) is 36.3 Å². The summed E-state index contributed by atoms with van der Waals surface area (Å²) in [5, 5.41) is 0. The summed E-state index contributed by atoms with van der Waals surface area (Å²) in [4.78, 5) is 0. The molecule has 18 nitrogen and oxygen atoms in total. The number of hydrogen-bond acceptors (Lipinski definition) is 42. The molecule has 0 aliphatic rings. The average molecular weight is 2420 g/mol. The highest BCUT2D eigenvalue weighted by Gasteiger charge is 2.65. The van der Waals surface area contributed by atoms with Crippen molar-refractivity contribution in [2.45, 2.75) is 356 Å². The van der Waals surface area contributed by atoms with Gasteiger partial charge in [-0.25, -0.2) is 0 Å². The van der Waals surface area contributed by atoms with Crippen LogP contribution in [-0.4, -0.2) is 219 Å². The summed E-state index contributed by atoms with van der Waals surface area (Å²) in [6.45, 7) is 64.6. The molecule has 0 radical (unpaired) electrons. The second-order valence-electron chi connectivity index (χ2n) is 31.5. The lowest BCUT2D eigenvalue weighted by atomic mass is 9.90. The Labute approximate surface area is 908 Å². The Bertz CT molecular complexity index is 2310. The lowest BCUT2D eigenvalue weighted by molar-refractivity contribution is 0.0704. The molecule has 0 aromatic heterocycles. The molecule has 0 N–H and O–H groups in total.